The minimum absolute atomic E-state index is 0.585. The lowest BCUT2D eigenvalue weighted by atomic mass is 9.62. The first-order valence-electron chi connectivity index (χ1n) is 8.31. The number of rotatable bonds is 3. The summed E-state index contributed by atoms with van der Waals surface area (Å²) in [6.07, 6.45) is 16.3. The first-order valence-corrected chi connectivity index (χ1v) is 8.31. The standard InChI is InChI=1S/C19H32/c1-15(2)7-6-13-19(4)14-12-17-8-5-9-18(19)11-10-16(17)3/h7,10,17-18H,5-6,8-9,11-14H2,1-4H3. The van der Waals surface area contributed by atoms with Crippen LogP contribution < -0.4 is 0 Å². The molecule has 3 atom stereocenters. The summed E-state index contributed by atoms with van der Waals surface area (Å²) >= 11 is 0. The molecule has 3 aliphatic rings. The van der Waals surface area contributed by atoms with Gasteiger partial charge in [-0.25, -0.2) is 0 Å². The van der Waals surface area contributed by atoms with Gasteiger partial charge in [0.05, 0.1) is 0 Å². The minimum atomic E-state index is 0.585. The summed E-state index contributed by atoms with van der Waals surface area (Å²) in [5.74, 6) is 1.82. The molecule has 0 nitrogen and oxygen atoms in total. The Balaban J connectivity index is 2.10. The first kappa shape index (κ1) is 14.9. The van der Waals surface area contributed by atoms with Crippen molar-refractivity contribution in [2.75, 3.05) is 0 Å². The van der Waals surface area contributed by atoms with Gasteiger partial charge in [-0.05, 0) is 83.0 Å². The zero-order chi connectivity index (χ0) is 13.9. The Morgan fingerprint density at radius 2 is 2.11 bits per heavy atom. The summed E-state index contributed by atoms with van der Waals surface area (Å²) in [5.41, 5.74) is 3.75. The van der Waals surface area contributed by atoms with E-state index >= 15 is 0 Å². The number of hydrogen-bond donors (Lipinski definition) is 0. The lowest BCUT2D eigenvalue weighted by molar-refractivity contribution is 0.111. The molecule has 0 aliphatic heterocycles. The number of allylic oxidation sites excluding steroid dienone is 4. The molecule has 0 N–H and O–H groups in total. The second kappa shape index (κ2) is 6.29. The van der Waals surface area contributed by atoms with Crippen molar-refractivity contribution in [2.45, 2.75) is 79.1 Å². The molecule has 0 amide bonds. The molecule has 0 aromatic carbocycles. The second-order valence-corrected chi connectivity index (χ2v) is 7.52. The van der Waals surface area contributed by atoms with E-state index in [1.54, 1.807) is 5.57 Å². The van der Waals surface area contributed by atoms with Gasteiger partial charge in [0, 0.05) is 0 Å². The Morgan fingerprint density at radius 3 is 2.84 bits per heavy atom. The van der Waals surface area contributed by atoms with E-state index in [1.807, 2.05) is 0 Å². The van der Waals surface area contributed by atoms with Crippen LogP contribution in [0.3, 0.4) is 0 Å². The SMILES string of the molecule is CC(C)=CCCC1(C)CCC2CCCC1CC=C2C. The zero-order valence-electron chi connectivity index (χ0n) is 13.5. The van der Waals surface area contributed by atoms with Crippen molar-refractivity contribution in [1.29, 1.82) is 0 Å². The lowest BCUT2D eigenvalue weighted by Crippen LogP contribution is -2.31. The van der Waals surface area contributed by atoms with Crippen molar-refractivity contribution < 1.29 is 0 Å². The van der Waals surface area contributed by atoms with E-state index in [0.29, 0.717) is 5.41 Å². The van der Waals surface area contributed by atoms with Gasteiger partial charge in [-0.15, -0.1) is 0 Å². The predicted octanol–water partition coefficient (Wildman–Crippen LogP) is 6.29. The van der Waals surface area contributed by atoms with Gasteiger partial charge in [-0.3, -0.25) is 0 Å². The van der Waals surface area contributed by atoms with Crippen LogP contribution in [0.2, 0.25) is 0 Å². The largest absolute Gasteiger partial charge is 0.0859 e. The van der Waals surface area contributed by atoms with Gasteiger partial charge in [0.15, 0.2) is 0 Å². The topological polar surface area (TPSA) is 0 Å². The first-order chi connectivity index (χ1) is 9.01. The molecule has 0 heterocycles. The highest BCUT2D eigenvalue weighted by molar-refractivity contribution is 5.09. The van der Waals surface area contributed by atoms with Crippen LogP contribution in [0.1, 0.15) is 79.1 Å². The normalized spacial score (nSPS) is 35.1. The molecule has 0 saturated heterocycles. The van der Waals surface area contributed by atoms with E-state index in [0.717, 1.165) is 11.8 Å². The van der Waals surface area contributed by atoms with E-state index in [-0.39, 0.29) is 0 Å². The molecule has 19 heavy (non-hydrogen) atoms. The molecule has 0 aromatic rings. The number of fused-ring (bicyclic) bond motifs is 5. The van der Waals surface area contributed by atoms with Crippen LogP contribution in [-0.4, -0.2) is 0 Å². The number of hydrogen-bond acceptors (Lipinski definition) is 0. The van der Waals surface area contributed by atoms with Crippen LogP contribution in [0.25, 0.3) is 0 Å². The van der Waals surface area contributed by atoms with Gasteiger partial charge in [-0.1, -0.05) is 36.6 Å². The molecule has 1 saturated carbocycles. The Morgan fingerprint density at radius 1 is 1.32 bits per heavy atom. The maximum atomic E-state index is 2.58. The van der Waals surface area contributed by atoms with Crippen molar-refractivity contribution in [2.24, 2.45) is 17.3 Å². The highest BCUT2D eigenvalue weighted by Crippen LogP contribution is 2.48. The average Bonchev–Trinajstić information content (AvgIpc) is 2.30. The smallest absolute Gasteiger partial charge is 0.0206 e. The monoisotopic (exact) mass is 260 g/mol. The van der Waals surface area contributed by atoms with E-state index in [1.165, 1.54) is 56.9 Å². The average molecular weight is 260 g/mol. The van der Waals surface area contributed by atoms with Crippen LogP contribution in [0, 0.1) is 17.3 Å². The molecule has 0 spiro atoms. The molecule has 0 aromatic heterocycles. The van der Waals surface area contributed by atoms with Crippen LogP contribution in [0.5, 0.6) is 0 Å². The van der Waals surface area contributed by atoms with E-state index in [4.69, 9.17) is 0 Å². The molecule has 0 heteroatoms. The summed E-state index contributed by atoms with van der Waals surface area (Å²) in [4.78, 5) is 0. The fraction of sp³-hybridized carbons (Fsp3) is 0.789. The van der Waals surface area contributed by atoms with Crippen molar-refractivity contribution in [3.8, 4) is 0 Å². The lowest BCUT2D eigenvalue weighted by Gasteiger charge is -2.43. The molecule has 2 bridgehead atoms. The molecule has 3 unspecified atom stereocenters. The molecule has 108 valence electrons. The van der Waals surface area contributed by atoms with Gasteiger partial charge in [0.2, 0.25) is 0 Å². The quantitative estimate of drug-likeness (QED) is 0.523. The summed E-state index contributed by atoms with van der Waals surface area (Å²) < 4.78 is 0. The summed E-state index contributed by atoms with van der Waals surface area (Å²) in [6, 6.07) is 0. The van der Waals surface area contributed by atoms with Crippen molar-refractivity contribution in [3.05, 3.63) is 23.3 Å². The van der Waals surface area contributed by atoms with Crippen molar-refractivity contribution in [1.82, 2.24) is 0 Å². The summed E-state index contributed by atoms with van der Waals surface area (Å²) in [7, 11) is 0. The Hall–Kier alpha value is -0.520. The Labute approximate surface area is 120 Å². The molecule has 0 radical (unpaired) electrons. The van der Waals surface area contributed by atoms with Crippen LogP contribution in [-0.2, 0) is 0 Å². The molecule has 1 fully saturated rings. The van der Waals surface area contributed by atoms with Gasteiger partial charge < -0.3 is 0 Å². The third-order valence-corrected chi connectivity index (χ3v) is 5.79. The van der Waals surface area contributed by atoms with E-state index in [2.05, 4.69) is 39.8 Å². The fourth-order valence-corrected chi connectivity index (χ4v) is 4.18. The maximum absolute atomic E-state index is 2.58. The highest BCUT2D eigenvalue weighted by atomic mass is 14.4. The predicted molar refractivity (Wildman–Crippen MR) is 85.2 cm³/mol. The van der Waals surface area contributed by atoms with Gasteiger partial charge in [-0.2, -0.15) is 0 Å². The molecular formula is C19H32. The van der Waals surface area contributed by atoms with Crippen LogP contribution >= 0.6 is 0 Å². The minimum Gasteiger partial charge on any atom is -0.0859 e. The van der Waals surface area contributed by atoms with E-state index in [9.17, 15) is 0 Å². The zero-order valence-corrected chi connectivity index (χ0v) is 13.5. The fourth-order valence-electron chi connectivity index (χ4n) is 4.18. The highest BCUT2D eigenvalue weighted by Gasteiger charge is 2.36. The molecular weight excluding hydrogens is 228 g/mol. The van der Waals surface area contributed by atoms with E-state index < -0.39 is 0 Å². The van der Waals surface area contributed by atoms with Gasteiger partial charge in [0.25, 0.3) is 0 Å². The van der Waals surface area contributed by atoms with Gasteiger partial charge in [0.1, 0.15) is 0 Å². The third-order valence-electron chi connectivity index (χ3n) is 5.79. The van der Waals surface area contributed by atoms with Crippen molar-refractivity contribution >= 4 is 0 Å². The third kappa shape index (κ3) is 3.74. The van der Waals surface area contributed by atoms with Gasteiger partial charge >= 0.3 is 0 Å². The summed E-state index contributed by atoms with van der Waals surface area (Å²) in [6.45, 7) is 9.40. The Bertz CT molecular complexity index is 356. The summed E-state index contributed by atoms with van der Waals surface area (Å²) in [5, 5.41) is 0. The second-order valence-electron chi connectivity index (χ2n) is 7.52. The van der Waals surface area contributed by atoms with Crippen molar-refractivity contribution in [3.63, 3.8) is 0 Å². The molecule has 3 aliphatic carbocycles. The molecule has 3 rings (SSSR count). The van der Waals surface area contributed by atoms with Crippen LogP contribution in [0.4, 0.5) is 0 Å². The Kier molecular flexibility index (Phi) is 4.92. The maximum Gasteiger partial charge on any atom is -0.0206 e. The van der Waals surface area contributed by atoms with Crippen LogP contribution in [0.15, 0.2) is 23.3 Å².